The minimum atomic E-state index is 0.527. The maximum Gasteiger partial charge on any atom is 0.232 e. The van der Waals surface area contributed by atoms with Gasteiger partial charge in [0.05, 0.1) is 16.9 Å². The summed E-state index contributed by atoms with van der Waals surface area (Å²) in [7, 11) is 0. The molecule has 0 aliphatic heterocycles. The number of aryl methyl sites for hydroxylation is 1. The van der Waals surface area contributed by atoms with Crippen molar-refractivity contribution < 1.29 is 0 Å². The maximum absolute atomic E-state index is 6.30. The summed E-state index contributed by atoms with van der Waals surface area (Å²) in [5.74, 6) is 2.60. The third-order valence-corrected chi connectivity index (χ3v) is 5.42. The van der Waals surface area contributed by atoms with Crippen LogP contribution in [0, 0.1) is 12.8 Å². The Balaban J connectivity index is 1.76. The highest BCUT2D eigenvalue weighted by molar-refractivity contribution is 6.36. The molecule has 1 N–H and O–H groups in total. The first kappa shape index (κ1) is 17.6. The zero-order chi connectivity index (χ0) is 18.3. The number of aromatic nitrogens is 4. The molecule has 0 bridgehead atoms. The summed E-state index contributed by atoms with van der Waals surface area (Å²) in [6, 6.07) is 5.33. The van der Waals surface area contributed by atoms with E-state index in [0.29, 0.717) is 27.7 Å². The van der Waals surface area contributed by atoms with Crippen molar-refractivity contribution in [3.8, 4) is 0 Å². The third kappa shape index (κ3) is 3.38. The van der Waals surface area contributed by atoms with Crippen LogP contribution in [0.2, 0.25) is 10.0 Å². The van der Waals surface area contributed by atoms with Crippen LogP contribution in [-0.4, -0.2) is 19.6 Å². The summed E-state index contributed by atoms with van der Waals surface area (Å²) in [5, 5.41) is 8.98. The van der Waals surface area contributed by atoms with Crippen molar-refractivity contribution in [2.24, 2.45) is 5.92 Å². The van der Waals surface area contributed by atoms with Gasteiger partial charge in [-0.05, 0) is 56.2 Å². The highest BCUT2D eigenvalue weighted by atomic mass is 35.5. The molecule has 7 heteroatoms. The largest absolute Gasteiger partial charge is 0.323 e. The van der Waals surface area contributed by atoms with Crippen molar-refractivity contribution in [3.63, 3.8) is 0 Å². The van der Waals surface area contributed by atoms with Gasteiger partial charge < -0.3 is 5.32 Å². The normalized spacial score (nSPS) is 15.4. The van der Waals surface area contributed by atoms with Crippen LogP contribution in [0.5, 0.6) is 0 Å². The fourth-order valence-corrected chi connectivity index (χ4v) is 3.96. The van der Waals surface area contributed by atoms with Crippen molar-refractivity contribution in [1.29, 1.82) is 0 Å². The first-order chi connectivity index (χ1) is 12.6. The van der Waals surface area contributed by atoms with E-state index in [1.807, 2.05) is 19.2 Å². The molecule has 0 radical (unpaired) electrons. The van der Waals surface area contributed by atoms with E-state index < -0.39 is 0 Å². The summed E-state index contributed by atoms with van der Waals surface area (Å²) < 4.78 is 1.78. The lowest BCUT2D eigenvalue weighted by molar-refractivity contribution is 0.552. The predicted octanol–water partition coefficient (Wildman–Crippen LogP) is 5.78. The van der Waals surface area contributed by atoms with Crippen LogP contribution in [-0.2, 0) is 0 Å². The lowest BCUT2D eigenvalue weighted by Gasteiger charge is -2.14. The Bertz CT molecular complexity index is 948. The molecule has 1 aromatic carbocycles. The Hall–Kier alpha value is -1.85. The van der Waals surface area contributed by atoms with Crippen molar-refractivity contribution >= 4 is 40.5 Å². The molecular weight excluding hydrogens is 369 g/mol. The second kappa shape index (κ2) is 7.05. The SMILES string of the molecule is CCCC(c1cnn2c(Nc3ccc(Cl)cc3Cl)nc(C)nc12)C1CC1. The number of halogens is 2. The van der Waals surface area contributed by atoms with Crippen molar-refractivity contribution in [3.05, 3.63) is 45.8 Å². The molecule has 26 heavy (non-hydrogen) atoms. The van der Waals surface area contributed by atoms with E-state index in [9.17, 15) is 0 Å². The van der Waals surface area contributed by atoms with Gasteiger partial charge in [-0.15, -0.1) is 0 Å². The van der Waals surface area contributed by atoms with Gasteiger partial charge >= 0.3 is 0 Å². The zero-order valence-corrected chi connectivity index (χ0v) is 16.3. The second-order valence-corrected chi connectivity index (χ2v) is 7.76. The highest BCUT2D eigenvalue weighted by Crippen LogP contribution is 2.46. The first-order valence-electron chi connectivity index (χ1n) is 9.01. The van der Waals surface area contributed by atoms with E-state index in [-0.39, 0.29) is 0 Å². The fourth-order valence-electron chi connectivity index (χ4n) is 3.51. The van der Waals surface area contributed by atoms with Crippen LogP contribution >= 0.6 is 23.2 Å². The number of fused-ring (bicyclic) bond motifs is 1. The molecule has 4 rings (SSSR count). The molecule has 1 unspecified atom stereocenters. The second-order valence-electron chi connectivity index (χ2n) is 6.91. The fraction of sp³-hybridized carbons (Fsp3) is 0.421. The van der Waals surface area contributed by atoms with Gasteiger partial charge in [0.1, 0.15) is 5.82 Å². The highest BCUT2D eigenvalue weighted by Gasteiger charge is 2.34. The summed E-state index contributed by atoms with van der Waals surface area (Å²) in [4.78, 5) is 9.21. The number of benzene rings is 1. The monoisotopic (exact) mass is 389 g/mol. The Kier molecular flexibility index (Phi) is 4.76. The van der Waals surface area contributed by atoms with E-state index in [2.05, 4.69) is 27.3 Å². The summed E-state index contributed by atoms with van der Waals surface area (Å²) >= 11 is 12.3. The van der Waals surface area contributed by atoms with E-state index in [1.165, 1.54) is 24.8 Å². The van der Waals surface area contributed by atoms with Crippen LogP contribution in [0.25, 0.3) is 5.65 Å². The number of nitrogens with one attached hydrogen (secondary N) is 1. The number of rotatable bonds is 6. The van der Waals surface area contributed by atoms with Crippen LogP contribution in [0.4, 0.5) is 11.6 Å². The van der Waals surface area contributed by atoms with Gasteiger partial charge in [0.25, 0.3) is 0 Å². The van der Waals surface area contributed by atoms with Gasteiger partial charge in [0.15, 0.2) is 5.65 Å². The average Bonchev–Trinajstić information content (AvgIpc) is 3.35. The van der Waals surface area contributed by atoms with Crippen LogP contribution < -0.4 is 5.32 Å². The molecule has 3 aromatic rings. The van der Waals surface area contributed by atoms with E-state index in [0.717, 1.165) is 23.7 Å². The number of hydrogen-bond acceptors (Lipinski definition) is 4. The average molecular weight is 390 g/mol. The Morgan fingerprint density at radius 2 is 2.08 bits per heavy atom. The van der Waals surface area contributed by atoms with Crippen molar-refractivity contribution in [2.75, 3.05) is 5.32 Å². The minimum absolute atomic E-state index is 0.527. The Labute approximate surface area is 162 Å². The van der Waals surface area contributed by atoms with Gasteiger partial charge in [-0.1, -0.05) is 36.5 Å². The zero-order valence-electron chi connectivity index (χ0n) is 14.8. The van der Waals surface area contributed by atoms with E-state index in [1.54, 1.807) is 16.6 Å². The maximum atomic E-state index is 6.30. The topological polar surface area (TPSA) is 55.1 Å². The quantitative estimate of drug-likeness (QED) is 0.580. The van der Waals surface area contributed by atoms with Gasteiger partial charge in [-0.3, -0.25) is 0 Å². The van der Waals surface area contributed by atoms with Crippen LogP contribution in [0.3, 0.4) is 0 Å². The molecule has 1 fully saturated rings. The smallest absolute Gasteiger partial charge is 0.232 e. The summed E-state index contributed by atoms with van der Waals surface area (Å²) in [6.07, 6.45) is 6.89. The van der Waals surface area contributed by atoms with Gasteiger partial charge in [0.2, 0.25) is 5.95 Å². The summed E-state index contributed by atoms with van der Waals surface area (Å²) in [5.41, 5.74) is 2.85. The number of nitrogens with zero attached hydrogens (tertiary/aromatic N) is 4. The summed E-state index contributed by atoms with van der Waals surface area (Å²) in [6.45, 7) is 4.13. The van der Waals surface area contributed by atoms with E-state index >= 15 is 0 Å². The molecule has 5 nitrogen and oxygen atoms in total. The molecular formula is C19H21Cl2N5. The Morgan fingerprint density at radius 3 is 2.77 bits per heavy atom. The molecule has 136 valence electrons. The predicted molar refractivity (Wildman–Crippen MR) is 106 cm³/mol. The third-order valence-electron chi connectivity index (χ3n) is 4.87. The van der Waals surface area contributed by atoms with Crippen LogP contribution in [0.1, 0.15) is 49.9 Å². The molecule has 1 aliphatic rings. The van der Waals surface area contributed by atoms with E-state index in [4.69, 9.17) is 23.2 Å². The molecule has 2 heterocycles. The van der Waals surface area contributed by atoms with Crippen LogP contribution in [0.15, 0.2) is 24.4 Å². The lowest BCUT2D eigenvalue weighted by Crippen LogP contribution is -2.08. The number of hydrogen-bond donors (Lipinski definition) is 1. The van der Waals surface area contributed by atoms with Crippen molar-refractivity contribution in [1.82, 2.24) is 19.6 Å². The molecule has 0 amide bonds. The lowest BCUT2D eigenvalue weighted by atomic mass is 9.92. The van der Waals surface area contributed by atoms with Crippen molar-refractivity contribution in [2.45, 2.75) is 45.4 Å². The van der Waals surface area contributed by atoms with Gasteiger partial charge in [-0.2, -0.15) is 14.6 Å². The molecule has 0 spiro atoms. The minimum Gasteiger partial charge on any atom is -0.323 e. The molecule has 2 aromatic heterocycles. The van der Waals surface area contributed by atoms with Gasteiger partial charge in [0, 0.05) is 10.6 Å². The first-order valence-corrected chi connectivity index (χ1v) is 9.76. The molecule has 1 saturated carbocycles. The molecule has 1 atom stereocenters. The molecule has 0 saturated heterocycles. The van der Waals surface area contributed by atoms with Gasteiger partial charge in [-0.25, -0.2) is 4.98 Å². The standard InChI is InChI=1S/C19H21Cl2N5/c1-3-4-14(12-5-6-12)15-10-22-26-18(15)23-11(2)24-19(26)25-17-8-7-13(20)9-16(17)21/h7-10,12,14H,3-6H2,1-2H3,(H,23,24,25). The number of anilines is 2. The molecule has 1 aliphatic carbocycles. The Morgan fingerprint density at radius 1 is 1.27 bits per heavy atom.